The molecule has 0 N–H and O–H groups in total. The Morgan fingerprint density at radius 1 is 1.67 bits per heavy atom. The maximum absolute atomic E-state index is 5.24. The zero-order valence-corrected chi connectivity index (χ0v) is 5.76. The summed E-state index contributed by atoms with van der Waals surface area (Å²) in [6.45, 7) is 2.62. The van der Waals surface area contributed by atoms with Gasteiger partial charge in [0.1, 0.15) is 0 Å². The van der Waals surface area contributed by atoms with E-state index in [9.17, 15) is 0 Å². The van der Waals surface area contributed by atoms with E-state index in [-0.39, 0.29) is 0 Å². The number of halogens is 2. The van der Waals surface area contributed by atoms with Crippen molar-refractivity contribution < 1.29 is 0 Å². The molecule has 36 valence electrons. The van der Waals surface area contributed by atoms with Crippen LogP contribution in [0.4, 0.5) is 0 Å². The fourth-order valence-corrected chi connectivity index (χ4v) is 0.962. The van der Waals surface area contributed by atoms with E-state index in [0.29, 0.717) is 0 Å². The van der Waals surface area contributed by atoms with Crippen LogP contribution in [0.5, 0.6) is 0 Å². The molecule has 0 heterocycles. The highest BCUT2D eigenvalue weighted by atomic mass is 35.9. The molecule has 0 aromatic rings. The number of hydrogen-bond acceptors (Lipinski definition) is 1. The van der Waals surface area contributed by atoms with Crippen LogP contribution in [0.15, 0.2) is 4.74 Å². The van der Waals surface area contributed by atoms with Crippen molar-refractivity contribution in [1.82, 2.24) is 0 Å². The van der Waals surface area contributed by atoms with Crippen molar-refractivity contribution in [3.05, 3.63) is 0 Å². The highest BCUT2D eigenvalue weighted by molar-refractivity contribution is 7.96. The van der Waals surface area contributed by atoms with E-state index in [0.717, 1.165) is 6.54 Å². The summed E-state index contributed by atoms with van der Waals surface area (Å²) in [6, 6.07) is 0. The second-order valence-electron chi connectivity index (χ2n) is 0.673. The van der Waals surface area contributed by atoms with Crippen LogP contribution in [0, 0.1) is 0 Å². The summed E-state index contributed by atoms with van der Waals surface area (Å²) in [6.07, 6.45) is -1.03. The molecule has 0 rings (SSSR count). The Morgan fingerprint density at radius 3 is 2.17 bits per heavy atom. The maximum Gasteiger partial charge on any atom is 0.438 e. The van der Waals surface area contributed by atoms with Crippen molar-refractivity contribution in [3.8, 4) is 0 Å². The topological polar surface area (TPSA) is 12.4 Å². The standard InChI is InChI=1S/C2H5Cl2NP/c1-2-5-6(3)4/h2H2,1H3/q+1. The minimum atomic E-state index is -1.03. The molecule has 0 bridgehead atoms. The molecule has 0 amide bonds. The molecule has 0 saturated carbocycles. The molecule has 0 unspecified atom stereocenters. The molecular formula is C2H5Cl2NP+. The summed E-state index contributed by atoms with van der Waals surface area (Å²) >= 11 is 10.5. The summed E-state index contributed by atoms with van der Waals surface area (Å²) in [5, 5.41) is 0. The summed E-state index contributed by atoms with van der Waals surface area (Å²) in [5.74, 6) is 0. The first kappa shape index (κ1) is 6.68. The van der Waals surface area contributed by atoms with Gasteiger partial charge in [0.25, 0.3) is 0 Å². The zero-order valence-electron chi connectivity index (χ0n) is 3.36. The molecule has 0 aromatic heterocycles. The Kier molecular flexibility index (Phi) is 4.29. The Hall–Kier alpha value is 0.680. The van der Waals surface area contributed by atoms with E-state index in [1.165, 1.54) is 0 Å². The summed E-state index contributed by atoms with van der Waals surface area (Å²) < 4.78 is 3.72. The number of rotatable bonds is 1. The van der Waals surface area contributed by atoms with Gasteiger partial charge in [-0.1, -0.05) is 4.74 Å². The first-order valence-corrected chi connectivity index (χ1v) is 4.67. The van der Waals surface area contributed by atoms with Gasteiger partial charge in [0.2, 0.25) is 22.5 Å². The van der Waals surface area contributed by atoms with Gasteiger partial charge in [-0.3, -0.25) is 0 Å². The molecule has 0 aromatic carbocycles. The van der Waals surface area contributed by atoms with E-state index in [4.69, 9.17) is 22.5 Å². The zero-order chi connectivity index (χ0) is 4.99. The normalized spacial score (nSPS) is 7.83. The molecule has 6 heavy (non-hydrogen) atoms. The first-order chi connectivity index (χ1) is 2.77. The summed E-state index contributed by atoms with van der Waals surface area (Å²) in [4.78, 5) is 0. The van der Waals surface area contributed by atoms with Gasteiger partial charge in [0, 0.05) is 0 Å². The van der Waals surface area contributed by atoms with Crippen molar-refractivity contribution in [2.45, 2.75) is 6.92 Å². The molecule has 0 fully saturated rings. The van der Waals surface area contributed by atoms with E-state index in [1.54, 1.807) is 0 Å². The summed E-state index contributed by atoms with van der Waals surface area (Å²) in [7, 11) is 0. The Morgan fingerprint density at radius 2 is 2.17 bits per heavy atom. The van der Waals surface area contributed by atoms with Crippen LogP contribution >= 0.6 is 28.9 Å². The lowest BCUT2D eigenvalue weighted by molar-refractivity contribution is 1.16. The molecule has 0 spiro atoms. The highest BCUT2D eigenvalue weighted by Crippen LogP contribution is 2.36. The Labute approximate surface area is 47.7 Å². The van der Waals surface area contributed by atoms with E-state index in [2.05, 4.69) is 4.74 Å². The fraction of sp³-hybridized carbons (Fsp3) is 1.00. The third kappa shape index (κ3) is 4.68. The van der Waals surface area contributed by atoms with Gasteiger partial charge in [-0.2, -0.15) is 0 Å². The monoisotopic (exact) mass is 144 g/mol. The van der Waals surface area contributed by atoms with Crippen molar-refractivity contribution in [2.24, 2.45) is 4.74 Å². The smallest absolute Gasteiger partial charge is 0.0752 e. The van der Waals surface area contributed by atoms with Crippen molar-refractivity contribution in [2.75, 3.05) is 6.54 Å². The average Bonchev–Trinajstić information content (AvgIpc) is 1.35. The molecule has 4 heteroatoms. The predicted octanol–water partition coefficient (Wildman–Crippen LogP) is 2.98. The van der Waals surface area contributed by atoms with Crippen molar-refractivity contribution in [1.29, 1.82) is 0 Å². The average molecular weight is 145 g/mol. The third-order valence-electron chi connectivity index (χ3n) is 0.248. The van der Waals surface area contributed by atoms with Gasteiger partial charge in [-0.15, -0.1) is 0 Å². The molecular weight excluding hydrogens is 140 g/mol. The molecule has 0 saturated heterocycles. The van der Waals surface area contributed by atoms with E-state index in [1.807, 2.05) is 6.92 Å². The maximum atomic E-state index is 5.24. The van der Waals surface area contributed by atoms with Crippen LogP contribution in [0.3, 0.4) is 0 Å². The molecule has 0 aliphatic heterocycles. The third-order valence-corrected chi connectivity index (χ3v) is 1.39. The predicted molar refractivity (Wildman–Crippen MR) is 31.6 cm³/mol. The van der Waals surface area contributed by atoms with Crippen LogP contribution in [0.25, 0.3) is 0 Å². The lowest BCUT2D eigenvalue weighted by atomic mass is 10.8. The van der Waals surface area contributed by atoms with Gasteiger partial charge in [0.15, 0.2) is 0 Å². The molecule has 0 aliphatic rings. The minimum Gasteiger partial charge on any atom is -0.0752 e. The number of nitrogens with zero attached hydrogens (tertiary/aromatic N) is 1. The Balaban J connectivity index is 3.14. The highest BCUT2D eigenvalue weighted by Gasteiger charge is 1.96. The summed E-state index contributed by atoms with van der Waals surface area (Å²) in [5.41, 5.74) is 0. The lowest BCUT2D eigenvalue weighted by Crippen LogP contribution is -1.53. The van der Waals surface area contributed by atoms with Crippen LogP contribution in [-0.2, 0) is 0 Å². The Bertz CT molecular complexity index is 58.6. The van der Waals surface area contributed by atoms with Gasteiger partial charge < -0.3 is 0 Å². The minimum absolute atomic E-state index is 0.721. The largest absolute Gasteiger partial charge is 0.438 e. The molecule has 0 aliphatic carbocycles. The van der Waals surface area contributed by atoms with Gasteiger partial charge in [0.05, 0.1) is 6.54 Å². The molecule has 0 atom stereocenters. The van der Waals surface area contributed by atoms with Gasteiger partial charge in [-0.25, -0.2) is 0 Å². The van der Waals surface area contributed by atoms with Crippen molar-refractivity contribution in [3.63, 3.8) is 0 Å². The van der Waals surface area contributed by atoms with Crippen LogP contribution in [-0.4, -0.2) is 6.54 Å². The molecule has 0 radical (unpaired) electrons. The fourth-order valence-electron chi connectivity index (χ4n) is 0.107. The SMILES string of the molecule is CCN=[P+](Cl)Cl. The van der Waals surface area contributed by atoms with E-state index < -0.39 is 6.42 Å². The second-order valence-corrected chi connectivity index (χ2v) is 3.83. The second kappa shape index (κ2) is 3.86. The number of hydrogen-bond donors (Lipinski definition) is 0. The molecule has 1 nitrogen and oxygen atoms in total. The van der Waals surface area contributed by atoms with Crippen molar-refractivity contribution >= 4 is 28.9 Å². The quantitative estimate of drug-likeness (QED) is 0.503. The van der Waals surface area contributed by atoms with E-state index >= 15 is 0 Å². The first-order valence-electron chi connectivity index (χ1n) is 1.56. The van der Waals surface area contributed by atoms with Crippen LogP contribution in [0.1, 0.15) is 6.92 Å². The lowest BCUT2D eigenvalue weighted by Gasteiger charge is -1.59. The van der Waals surface area contributed by atoms with Gasteiger partial charge >= 0.3 is 6.42 Å². The van der Waals surface area contributed by atoms with Gasteiger partial charge in [-0.05, 0) is 6.92 Å². The van der Waals surface area contributed by atoms with Crippen LogP contribution in [0.2, 0.25) is 0 Å². The van der Waals surface area contributed by atoms with Crippen LogP contribution < -0.4 is 0 Å².